The average molecular weight is 475 g/mol. The number of carbonyl (C=O) groups is 1. The fraction of sp³-hybridized carbons (Fsp3) is 0.375. The van der Waals surface area contributed by atoms with Crippen LogP contribution >= 0.6 is 11.6 Å². The second kappa shape index (κ2) is 9.09. The first-order valence-electron chi connectivity index (χ1n) is 10.7. The molecule has 0 unspecified atom stereocenters. The summed E-state index contributed by atoms with van der Waals surface area (Å²) in [5.74, 6) is -0.0600. The minimum absolute atomic E-state index is 0.0195. The summed E-state index contributed by atoms with van der Waals surface area (Å²) in [5, 5.41) is 13.5. The number of likely N-dealkylation sites (tertiary alicyclic amines) is 1. The van der Waals surface area contributed by atoms with E-state index in [-0.39, 0.29) is 25.1 Å². The first-order valence-corrected chi connectivity index (χ1v) is 11.1. The molecule has 33 heavy (non-hydrogen) atoms. The number of anilines is 1. The molecule has 0 aliphatic carbocycles. The Morgan fingerprint density at radius 3 is 2.58 bits per heavy atom. The van der Waals surface area contributed by atoms with Gasteiger partial charge in [-0.05, 0) is 39.0 Å². The number of hydrogen-bond donors (Lipinski definition) is 1. The van der Waals surface area contributed by atoms with Gasteiger partial charge in [-0.15, -0.1) is 10.2 Å². The molecule has 0 spiro atoms. The number of nitrogens with zero attached hydrogens (tertiary/aromatic N) is 3. The molecule has 2 aromatic carbocycles. The van der Waals surface area contributed by atoms with Gasteiger partial charge in [0.15, 0.2) is 5.82 Å². The summed E-state index contributed by atoms with van der Waals surface area (Å²) in [4.78, 5) is 13.8. The van der Waals surface area contributed by atoms with Gasteiger partial charge in [-0.1, -0.05) is 35.9 Å². The Hall–Kier alpha value is -3.00. The van der Waals surface area contributed by atoms with Crippen LogP contribution in [0.5, 0.6) is 0 Å². The van der Waals surface area contributed by atoms with E-state index in [4.69, 9.17) is 16.3 Å². The SMILES string of the molecule is CC(C)(C)OC(=O)N1C[C@H](F)C[C@@H](Nc2nnc(-c3ccc(Cl)cc3F)c3ccccc23)C1. The number of benzene rings is 2. The van der Waals surface area contributed by atoms with Crippen molar-refractivity contribution < 1.29 is 18.3 Å². The lowest BCUT2D eigenvalue weighted by Gasteiger charge is -2.36. The summed E-state index contributed by atoms with van der Waals surface area (Å²) >= 11 is 5.88. The van der Waals surface area contributed by atoms with Gasteiger partial charge in [0.25, 0.3) is 0 Å². The maximum absolute atomic E-state index is 14.6. The van der Waals surface area contributed by atoms with Gasteiger partial charge in [-0.25, -0.2) is 13.6 Å². The highest BCUT2D eigenvalue weighted by Crippen LogP contribution is 2.33. The van der Waals surface area contributed by atoms with Crippen LogP contribution in [0.15, 0.2) is 42.5 Å². The lowest BCUT2D eigenvalue weighted by atomic mass is 10.0. The van der Waals surface area contributed by atoms with Crippen molar-refractivity contribution in [3.8, 4) is 11.3 Å². The molecule has 1 aliphatic heterocycles. The first-order chi connectivity index (χ1) is 15.6. The van der Waals surface area contributed by atoms with Crippen LogP contribution in [0.4, 0.5) is 19.4 Å². The standard InChI is InChI=1S/C24H25ClF2N4O2/c1-24(2,3)33-23(32)31-12-15(26)11-16(13-31)28-22-18-7-5-4-6-17(18)21(29-30-22)19-9-8-14(25)10-20(19)27/h4-10,15-16H,11-13H2,1-3H3,(H,28,30)/t15-,16-/m1/s1. The van der Waals surface area contributed by atoms with Crippen LogP contribution in [0.1, 0.15) is 27.2 Å². The Kier molecular flexibility index (Phi) is 6.38. The molecule has 1 aliphatic rings. The summed E-state index contributed by atoms with van der Waals surface area (Å²) in [7, 11) is 0. The molecule has 1 N–H and O–H groups in total. The molecule has 0 bridgehead atoms. The van der Waals surface area contributed by atoms with Crippen LogP contribution in [0.25, 0.3) is 22.0 Å². The van der Waals surface area contributed by atoms with E-state index >= 15 is 0 Å². The Balaban J connectivity index is 1.62. The van der Waals surface area contributed by atoms with Crippen molar-refractivity contribution >= 4 is 34.3 Å². The Labute approximate surface area is 195 Å². The zero-order valence-electron chi connectivity index (χ0n) is 18.6. The first kappa shape index (κ1) is 23.2. The van der Waals surface area contributed by atoms with E-state index in [9.17, 15) is 13.6 Å². The summed E-state index contributed by atoms with van der Waals surface area (Å²) in [5.41, 5.74) is -0.00231. The van der Waals surface area contributed by atoms with Gasteiger partial charge in [-0.3, -0.25) is 0 Å². The van der Waals surface area contributed by atoms with E-state index in [1.54, 1.807) is 32.9 Å². The number of nitrogens with one attached hydrogen (secondary N) is 1. The number of fused-ring (bicyclic) bond motifs is 1. The van der Waals surface area contributed by atoms with E-state index in [0.29, 0.717) is 27.3 Å². The van der Waals surface area contributed by atoms with Crippen LogP contribution in [0, 0.1) is 5.82 Å². The van der Waals surface area contributed by atoms with Crippen molar-refractivity contribution in [2.45, 2.75) is 45.0 Å². The third-order valence-electron chi connectivity index (χ3n) is 5.27. The van der Waals surface area contributed by atoms with Crippen LogP contribution in [-0.2, 0) is 4.74 Å². The summed E-state index contributed by atoms with van der Waals surface area (Å²) in [6.45, 7) is 5.55. The summed E-state index contributed by atoms with van der Waals surface area (Å²) in [6, 6.07) is 11.3. The second-order valence-electron chi connectivity index (χ2n) is 9.13. The molecule has 1 saturated heterocycles. The molecule has 2 heterocycles. The molecule has 1 aromatic heterocycles. The van der Waals surface area contributed by atoms with Gasteiger partial charge in [0.2, 0.25) is 0 Å². The smallest absolute Gasteiger partial charge is 0.410 e. The molecule has 0 radical (unpaired) electrons. The predicted octanol–water partition coefficient (Wildman–Crippen LogP) is 5.85. The maximum Gasteiger partial charge on any atom is 0.410 e. The van der Waals surface area contributed by atoms with Crippen molar-refractivity contribution in [1.82, 2.24) is 15.1 Å². The van der Waals surface area contributed by atoms with Crippen molar-refractivity contribution in [3.63, 3.8) is 0 Å². The predicted molar refractivity (Wildman–Crippen MR) is 125 cm³/mol. The average Bonchev–Trinajstić information content (AvgIpc) is 2.73. The molecule has 4 rings (SSSR count). The molecule has 2 atom stereocenters. The summed E-state index contributed by atoms with van der Waals surface area (Å²) < 4.78 is 34.4. The Morgan fingerprint density at radius 1 is 1.15 bits per heavy atom. The van der Waals surface area contributed by atoms with Gasteiger partial charge in [0.05, 0.1) is 6.54 Å². The van der Waals surface area contributed by atoms with Crippen LogP contribution in [-0.4, -0.2) is 52.1 Å². The highest BCUT2D eigenvalue weighted by atomic mass is 35.5. The van der Waals surface area contributed by atoms with E-state index in [0.717, 1.165) is 0 Å². The number of aromatic nitrogens is 2. The number of halogens is 3. The quantitative estimate of drug-likeness (QED) is 0.516. The maximum atomic E-state index is 14.6. The largest absolute Gasteiger partial charge is 0.444 e. The molecule has 6 nitrogen and oxygen atoms in total. The van der Waals surface area contributed by atoms with E-state index in [2.05, 4.69) is 15.5 Å². The summed E-state index contributed by atoms with van der Waals surface area (Å²) in [6.07, 6.45) is -1.55. The Bertz CT molecular complexity index is 1180. The van der Waals surface area contributed by atoms with Gasteiger partial charge in [0, 0.05) is 40.4 Å². The van der Waals surface area contributed by atoms with Crippen LogP contribution in [0.2, 0.25) is 5.02 Å². The number of piperidine rings is 1. The number of rotatable bonds is 3. The molecule has 174 valence electrons. The molecule has 1 fully saturated rings. The Morgan fingerprint density at radius 2 is 1.88 bits per heavy atom. The molecule has 0 saturated carbocycles. The zero-order valence-corrected chi connectivity index (χ0v) is 19.4. The number of carbonyl (C=O) groups excluding carboxylic acids is 1. The molecule has 1 amide bonds. The van der Waals surface area contributed by atoms with Gasteiger partial charge in [0.1, 0.15) is 23.3 Å². The minimum Gasteiger partial charge on any atom is -0.444 e. The second-order valence-corrected chi connectivity index (χ2v) is 9.56. The van der Waals surface area contributed by atoms with Crippen molar-refractivity contribution in [1.29, 1.82) is 0 Å². The molecule has 9 heteroatoms. The lowest BCUT2D eigenvalue weighted by molar-refractivity contribution is 0.0124. The van der Waals surface area contributed by atoms with E-state index < -0.39 is 29.7 Å². The van der Waals surface area contributed by atoms with Gasteiger partial charge < -0.3 is 15.0 Å². The number of alkyl halides is 1. The van der Waals surface area contributed by atoms with Crippen molar-refractivity contribution in [3.05, 3.63) is 53.3 Å². The number of hydrogen-bond acceptors (Lipinski definition) is 5. The van der Waals surface area contributed by atoms with Crippen molar-refractivity contribution in [2.24, 2.45) is 0 Å². The molecular formula is C24H25ClF2N4O2. The number of amides is 1. The lowest BCUT2D eigenvalue weighted by Crippen LogP contribution is -2.51. The van der Waals surface area contributed by atoms with Gasteiger partial charge in [-0.2, -0.15) is 0 Å². The van der Waals surface area contributed by atoms with Crippen molar-refractivity contribution in [2.75, 3.05) is 18.4 Å². The fourth-order valence-corrected chi connectivity index (χ4v) is 4.06. The number of ether oxygens (including phenoxy) is 1. The fourth-order valence-electron chi connectivity index (χ4n) is 3.90. The third-order valence-corrected chi connectivity index (χ3v) is 5.50. The van der Waals surface area contributed by atoms with E-state index in [1.165, 1.54) is 11.0 Å². The molecule has 3 aromatic rings. The molecular weight excluding hydrogens is 450 g/mol. The topological polar surface area (TPSA) is 67.3 Å². The normalized spacial score (nSPS) is 18.9. The minimum atomic E-state index is -1.20. The third kappa shape index (κ3) is 5.33. The van der Waals surface area contributed by atoms with Crippen LogP contribution in [0.3, 0.4) is 0 Å². The van der Waals surface area contributed by atoms with Gasteiger partial charge >= 0.3 is 6.09 Å². The highest BCUT2D eigenvalue weighted by Gasteiger charge is 2.33. The zero-order chi connectivity index (χ0) is 23.8. The monoisotopic (exact) mass is 474 g/mol. The van der Waals surface area contributed by atoms with E-state index in [1.807, 2.05) is 24.3 Å². The van der Waals surface area contributed by atoms with Crippen LogP contribution < -0.4 is 5.32 Å². The highest BCUT2D eigenvalue weighted by molar-refractivity contribution is 6.30.